The molecule has 1 amide bonds. The Bertz CT molecular complexity index is 711. The summed E-state index contributed by atoms with van der Waals surface area (Å²) in [5.74, 6) is 0.277. The van der Waals surface area contributed by atoms with Crippen LogP contribution in [0.2, 0.25) is 5.02 Å². The molecule has 2 rings (SSSR count). The monoisotopic (exact) mass is 395 g/mol. The highest BCUT2D eigenvalue weighted by atomic mass is 35.5. The predicted molar refractivity (Wildman–Crippen MR) is 93.7 cm³/mol. The molecule has 0 saturated carbocycles. The SMILES string of the molecule is COc1ccc(Cl)cc1C[NH+](C)CC(=O)N[C@H]1CS(=O)(=O)C[C@@H]1Cl. The number of likely N-dealkylation sites (N-methyl/N-ethyl adjacent to an activating group) is 1. The molecule has 0 radical (unpaired) electrons. The van der Waals surface area contributed by atoms with E-state index in [4.69, 9.17) is 27.9 Å². The third-order valence-electron chi connectivity index (χ3n) is 3.83. The summed E-state index contributed by atoms with van der Waals surface area (Å²) in [5.41, 5.74) is 0.897. The van der Waals surface area contributed by atoms with Crippen molar-refractivity contribution in [3.8, 4) is 5.75 Å². The molecule has 1 fully saturated rings. The van der Waals surface area contributed by atoms with Gasteiger partial charge < -0.3 is 15.0 Å². The Labute approximate surface area is 152 Å². The van der Waals surface area contributed by atoms with Crippen LogP contribution in [-0.2, 0) is 21.2 Å². The lowest BCUT2D eigenvalue weighted by atomic mass is 10.2. The summed E-state index contributed by atoms with van der Waals surface area (Å²) in [7, 11) is 0.278. The van der Waals surface area contributed by atoms with Gasteiger partial charge in [0.1, 0.15) is 12.3 Å². The molecular weight excluding hydrogens is 375 g/mol. The maximum Gasteiger partial charge on any atom is 0.275 e. The lowest BCUT2D eigenvalue weighted by molar-refractivity contribution is -0.885. The number of quaternary nitrogens is 1. The Balaban J connectivity index is 1.92. The molecule has 0 spiro atoms. The van der Waals surface area contributed by atoms with Crippen LogP contribution in [0.25, 0.3) is 0 Å². The van der Waals surface area contributed by atoms with Crippen LogP contribution in [0, 0.1) is 0 Å². The number of nitrogens with one attached hydrogen (secondary N) is 2. The number of alkyl halides is 1. The maximum absolute atomic E-state index is 12.1. The minimum Gasteiger partial charge on any atom is -0.496 e. The quantitative estimate of drug-likeness (QED) is 0.658. The summed E-state index contributed by atoms with van der Waals surface area (Å²) in [4.78, 5) is 13.1. The predicted octanol–water partition coefficient (Wildman–Crippen LogP) is -0.116. The lowest BCUT2D eigenvalue weighted by Crippen LogP contribution is -3.09. The normalized spacial score (nSPS) is 23.7. The smallest absolute Gasteiger partial charge is 0.275 e. The first-order valence-corrected chi connectivity index (χ1v) is 10.1. The molecular formula is C15H21Cl2N2O4S+. The Kier molecular flexibility index (Phi) is 6.36. The van der Waals surface area contributed by atoms with Gasteiger partial charge in [-0.1, -0.05) is 11.6 Å². The third kappa shape index (κ3) is 5.24. The summed E-state index contributed by atoms with van der Waals surface area (Å²) in [6, 6.07) is 4.80. The van der Waals surface area contributed by atoms with Gasteiger partial charge in [-0.05, 0) is 18.2 Å². The number of amides is 1. The van der Waals surface area contributed by atoms with Crippen molar-refractivity contribution in [3.63, 3.8) is 0 Å². The first kappa shape index (κ1) is 19.3. The zero-order chi connectivity index (χ0) is 17.9. The van der Waals surface area contributed by atoms with E-state index in [0.717, 1.165) is 10.5 Å². The van der Waals surface area contributed by atoms with Gasteiger partial charge in [-0.15, -0.1) is 11.6 Å². The van der Waals surface area contributed by atoms with Crippen LogP contribution in [0.1, 0.15) is 5.56 Å². The molecule has 24 heavy (non-hydrogen) atoms. The summed E-state index contributed by atoms with van der Waals surface area (Å²) in [5, 5.41) is 2.74. The van der Waals surface area contributed by atoms with E-state index in [1.54, 1.807) is 25.3 Å². The number of carbonyl (C=O) groups excluding carboxylic acids is 1. The van der Waals surface area contributed by atoms with Crippen LogP contribution in [-0.4, -0.2) is 58.0 Å². The van der Waals surface area contributed by atoms with Crippen molar-refractivity contribution in [2.24, 2.45) is 0 Å². The summed E-state index contributed by atoms with van der Waals surface area (Å²) >= 11 is 12.0. The van der Waals surface area contributed by atoms with Crippen molar-refractivity contribution >= 4 is 38.9 Å². The van der Waals surface area contributed by atoms with Gasteiger partial charge in [0.15, 0.2) is 16.4 Å². The van der Waals surface area contributed by atoms with Gasteiger partial charge in [0.2, 0.25) is 0 Å². The van der Waals surface area contributed by atoms with Crippen LogP contribution in [0.5, 0.6) is 5.75 Å². The van der Waals surface area contributed by atoms with Crippen molar-refractivity contribution in [1.29, 1.82) is 0 Å². The van der Waals surface area contributed by atoms with E-state index in [-0.39, 0.29) is 24.0 Å². The van der Waals surface area contributed by atoms with E-state index >= 15 is 0 Å². The zero-order valence-electron chi connectivity index (χ0n) is 13.5. The highest BCUT2D eigenvalue weighted by Gasteiger charge is 2.37. The first-order valence-electron chi connectivity index (χ1n) is 7.48. The van der Waals surface area contributed by atoms with Crippen LogP contribution in [0.4, 0.5) is 0 Å². The average Bonchev–Trinajstić information content (AvgIpc) is 2.71. The molecule has 134 valence electrons. The van der Waals surface area contributed by atoms with Gasteiger partial charge in [-0.2, -0.15) is 0 Å². The van der Waals surface area contributed by atoms with Crippen molar-refractivity contribution in [2.75, 3.05) is 32.2 Å². The molecule has 1 aromatic rings. The molecule has 9 heteroatoms. The summed E-state index contributed by atoms with van der Waals surface area (Å²) in [6.45, 7) is 0.736. The summed E-state index contributed by atoms with van der Waals surface area (Å²) < 4.78 is 28.4. The minimum atomic E-state index is -3.17. The van der Waals surface area contributed by atoms with Gasteiger partial charge in [0.05, 0.1) is 37.1 Å². The topological polar surface area (TPSA) is 76.9 Å². The molecule has 3 atom stereocenters. The van der Waals surface area contributed by atoms with Gasteiger partial charge >= 0.3 is 0 Å². The van der Waals surface area contributed by atoms with Gasteiger partial charge in [-0.3, -0.25) is 4.79 Å². The molecule has 0 aromatic heterocycles. The van der Waals surface area contributed by atoms with Crippen LogP contribution in [0.3, 0.4) is 0 Å². The Morgan fingerprint density at radius 2 is 2.12 bits per heavy atom. The maximum atomic E-state index is 12.1. The molecule has 6 nitrogen and oxygen atoms in total. The lowest BCUT2D eigenvalue weighted by Gasteiger charge is -2.18. The molecule has 1 aliphatic rings. The molecule has 1 aliphatic heterocycles. The fraction of sp³-hybridized carbons (Fsp3) is 0.533. The van der Waals surface area contributed by atoms with E-state index in [1.165, 1.54) is 0 Å². The second-order valence-electron chi connectivity index (χ2n) is 6.03. The van der Waals surface area contributed by atoms with Crippen LogP contribution < -0.4 is 15.0 Å². The molecule has 2 N–H and O–H groups in total. The molecule has 1 saturated heterocycles. The molecule has 1 heterocycles. The van der Waals surface area contributed by atoms with Gasteiger partial charge in [0.25, 0.3) is 5.91 Å². The van der Waals surface area contributed by atoms with Crippen molar-refractivity contribution in [1.82, 2.24) is 5.32 Å². The van der Waals surface area contributed by atoms with Crippen molar-refractivity contribution in [2.45, 2.75) is 18.0 Å². The van der Waals surface area contributed by atoms with Crippen LogP contribution >= 0.6 is 23.2 Å². The van der Waals surface area contributed by atoms with E-state index in [0.29, 0.717) is 17.3 Å². The van der Waals surface area contributed by atoms with E-state index in [9.17, 15) is 13.2 Å². The highest BCUT2D eigenvalue weighted by molar-refractivity contribution is 7.91. The van der Waals surface area contributed by atoms with E-state index < -0.39 is 21.3 Å². The average molecular weight is 396 g/mol. The fourth-order valence-corrected chi connectivity index (χ4v) is 5.49. The minimum absolute atomic E-state index is 0.0953. The molecule has 1 aromatic carbocycles. The second-order valence-corrected chi connectivity index (χ2v) is 9.18. The van der Waals surface area contributed by atoms with Crippen molar-refractivity contribution in [3.05, 3.63) is 28.8 Å². The largest absolute Gasteiger partial charge is 0.496 e. The molecule has 0 aliphatic carbocycles. The number of hydrogen-bond acceptors (Lipinski definition) is 4. The Morgan fingerprint density at radius 3 is 2.71 bits per heavy atom. The van der Waals surface area contributed by atoms with E-state index in [1.807, 2.05) is 7.05 Å². The van der Waals surface area contributed by atoms with Crippen molar-refractivity contribution < 1.29 is 22.8 Å². The number of sulfone groups is 1. The van der Waals surface area contributed by atoms with Gasteiger partial charge in [0, 0.05) is 10.6 Å². The fourth-order valence-electron chi connectivity index (χ4n) is 2.74. The second kappa shape index (κ2) is 7.91. The molecule has 1 unspecified atom stereocenters. The number of benzene rings is 1. The summed E-state index contributed by atoms with van der Waals surface area (Å²) in [6.07, 6.45) is 0. The highest BCUT2D eigenvalue weighted by Crippen LogP contribution is 2.21. The van der Waals surface area contributed by atoms with Gasteiger partial charge in [-0.25, -0.2) is 8.42 Å². The number of rotatable bonds is 6. The third-order valence-corrected chi connectivity index (χ3v) is 6.44. The molecule has 0 bridgehead atoms. The number of ether oxygens (including phenoxy) is 1. The van der Waals surface area contributed by atoms with E-state index in [2.05, 4.69) is 5.32 Å². The zero-order valence-corrected chi connectivity index (χ0v) is 15.8. The van der Waals surface area contributed by atoms with Crippen LogP contribution in [0.15, 0.2) is 18.2 Å². The number of carbonyl (C=O) groups is 1. The Morgan fingerprint density at radius 1 is 1.42 bits per heavy atom. The number of methoxy groups -OCH3 is 1. The Hall–Kier alpha value is -1.02. The first-order chi connectivity index (χ1) is 11.2. The number of halogens is 2. The standard InChI is InChI=1S/C15H20Cl2N2O4S/c1-19(6-10-5-11(16)3-4-14(10)23-2)7-15(20)18-13-9-24(21,22)8-12(13)17/h3-5,12-13H,6-9H2,1-2H3,(H,18,20)/p+1/t12-,13-/m0/s1. The number of hydrogen-bond donors (Lipinski definition) is 2.